The highest BCUT2D eigenvalue weighted by Crippen LogP contribution is 2.27. The molecule has 2 aliphatic rings. The summed E-state index contributed by atoms with van der Waals surface area (Å²) in [4.78, 5) is 56.4. The number of hydrogen-bond donors (Lipinski definition) is 4. The van der Waals surface area contributed by atoms with Gasteiger partial charge >= 0.3 is 0 Å². The minimum Gasteiger partial charge on any atom is -0.387 e. The van der Waals surface area contributed by atoms with E-state index in [2.05, 4.69) is 21.3 Å². The summed E-state index contributed by atoms with van der Waals surface area (Å²) in [6.45, 7) is 1.08. The van der Waals surface area contributed by atoms with E-state index in [9.17, 15) is 19.2 Å². The summed E-state index contributed by atoms with van der Waals surface area (Å²) in [5.74, 6) is -0.690. The molecule has 0 aliphatic carbocycles. The first-order valence-corrected chi connectivity index (χ1v) is 17.0. The normalized spacial score (nSPS) is 17.1. The third kappa shape index (κ3) is 7.54. The molecule has 256 valence electrons. The van der Waals surface area contributed by atoms with Crippen molar-refractivity contribution >= 4 is 58.5 Å². The molecular formula is C40H42N6O4. The van der Waals surface area contributed by atoms with E-state index >= 15 is 0 Å². The van der Waals surface area contributed by atoms with Crippen LogP contribution in [-0.2, 0) is 9.59 Å². The zero-order valence-electron chi connectivity index (χ0n) is 28.3. The molecular weight excluding hydrogens is 628 g/mol. The van der Waals surface area contributed by atoms with E-state index in [1.165, 1.54) is 0 Å². The van der Waals surface area contributed by atoms with Gasteiger partial charge in [0, 0.05) is 49.9 Å². The topological polar surface area (TPSA) is 123 Å². The van der Waals surface area contributed by atoms with Gasteiger partial charge in [-0.05, 0) is 85.3 Å². The summed E-state index contributed by atoms with van der Waals surface area (Å²) in [5.41, 5.74) is 5.82. The number of carbonyl (C=O) groups excluding carboxylic acids is 4. The molecule has 2 fully saturated rings. The first-order valence-electron chi connectivity index (χ1n) is 17.0. The molecule has 10 nitrogen and oxygen atoms in total. The van der Waals surface area contributed by atoms with Gasteiger partial charge in [-0.2, -0.15) is 0 Å². The molecule has 6 rings (SSSR count). The Kier molecular flexibility index (Phi) is 10.6. The average Bonchev–Trinajstić information content (AvgIpc) is 3.86. The third-order valence-corrected chi connectivity index (χ3v) is 9.31. The molecule has 4 aromatic carbocycles. The van der Waals surface area contributed by atoms with Gasteiger partial charge < -0.3 is 31.1 Å². The summed E-state index contributed by atoms with van der Waals surface area (Å²) in [6, 6.07) is 28.7. The Bertz CT molecular complexity index is 1750. The molecule has 2 heterocycles. The number of anilines is 4. The molecule has 0 spiro atoms. The third-order valence-electron chi connectivity index (χ3n) is 9.31. The van der Waals surface area contributed by atoms with Gasteiger partial charge in [0.2, 0.25) is 11.8 Å². The first-order chi connectivity index (χ1) is 24.4. The second kappa shape index (κ2) is 15.5. The van der Waals surface area contributed by atoms with Gasteiger partial charge in [0.05, 0.1) is 11.1 Å². The fraction of sp³-hybridized carbons (Fsp3) is 0.250. The van der Waals surface area contributed by atoms with Crippen molar-refractivity contribution in [2.75, 3.05) is 48.5 Å². The van der Waals surface area contributed by atoms with Crippen LogP contribution in [0.4, 0.5) is 22.7 Å². The number of nitrogens with zero attached hydrogens (tertiary/aromatic N) is 2. The largest absolute Gasteiger partial charge is 0.387 e. The van der Waals surface area contributed by atoms with Crippen molar-refractivity contribution < 1.29 is 19.2 Å². The number of likely N-dealkylation sites (tertiary alicyclic amines) is 2. The highest BCUT2D eigenvalue weighted by atomic mass is 16.2. The van der Waals surface area contributed by atoms with E-state index in [4.69, 9.17) is 0 Å². The van der Waals surface area contributed by atoms with E-state index in [0.29, 0.717) is 48.4 Å². The fourth-order valence-electron chi connectivity index (χ4n) is 6.65. The molecule has 0 radical (unpaired) electrons. The quantitative estimate of drug-likeness (QED) is 0.144. The van der Waals surface area contributed by atoms with E-state index in [1.807, 2.05) is 97.1 Å². The number of carbonyl (C=O) groups is 4. The Morgan fingerprint density at radius 3 is 1.32 bits per heavy atom. The number of para-hydroxylation sites is 2. The van der Waals surface area contributed by atoms with Crippen molar-refractivity contribution in [2.45, 2.75) is 37.8 Å². The van der Waals surface area contributed by atoms with Crippen LogP contribution in [0.2, 0.25) is 0 Å². The van der Waals surface area contributed by atoms with Gasteiger partial charge in [0.25, 0.3) is 11.8 Å². The van der Waals surface area contributed by atoms with Crippen molar-refractivity contribution in [3.8, 4) is 0 Å². The number of amides is 4. The number of nitrogens with one attached hydrogen (secondary N) is 4. The van der Waals surface area contributed by atoms with E-state index in [1.54, 1.807) is 36.0 Å². The van der Waals surface area contributed by atoms with Gasteiger partial charge in [-0.15, -0.1) is 0 Å². The van der Waals surface area contributed by atoms with Crippen LogP contribution in [0.1, 0.15) is 57.5 Å². The molecule has 4 amide bonds. The van der Waals surface area contributed by atoms with Gasteiger partial charge in [0.15, 0.2) is 0 Å². The molecule has 10 heteroatoms. The summed E-state index contributed by atoms with van der Waals surface area (Å²) < 4.78 is 0. The van der Waals surface area contributed by atoms with Crippen molar-refractivity contribution in [1.29, 1.82) is 0 Å². The van der Waals surface area contributed by atoms with Crippen LogP contribution in [0.3, 0.4) is 0 Å². The van der Waals surface area contributed by atoms with Crippen molar-refractivity contribution in [1.82, 2.24) is 9.80 Å². The van der Waals surface area contributed by atoms with Gasteiger partial charge in [0.1, 0.15) is 12.1 Å². The number of benzene rings is 4. The zero-order valence-corrected chi connectivity index (χ0v) is 28.3. The molecule has 2 saturated heterocycles. The van der Waals surface area contributed by atoms with Crippen LogP contribution in [0, 0.1) is 0 Å². The van der Waals surface area contributed by atoms with E-state index in [-0.39, 0.29) is 23.6 Å². The van der Waals surface area contributed by atoms with Gasteiger partial charge in [-0.1, -0.05) is 60.7 Å². The smallest absolute Gasteiger partial charge is 0.256 e. The maximum absolute atomic E-state index is 13.3. The summed E-state index contributed by atoms with van der Waals surface area (Å²) in [7, 11) is 3.56. The Hall–Kier alpha value is -5.90. The molecule has 2 atom stereocenters. The second-order valence-electron chi connectivity index (χ2n) is 12.5. The minimum absolute atomic E-state index is 0.150. The van der Waals surface area contributed by atoms with Crippen molar-refractivity contribution in [3.63, 3.8) is 0 Å². The van der Waals surface area contributed by atoms with Crippen LogP contribution in [0.5, 0.6) is 0 Å². The molecule has 0 unspecified atom stereocenters. The SMILES string of the molecule is CNc1ccccc1C(=O)N1CCC[C@H]1C(=O)Nc1ccc(C=Cc2ccc(NC(=O)[C@@H]3CCCN3C(=O)c3ccccc3NC)cc2)cc1. The molecule has 2 aliphatic heterocycles. The lowest BCUT2D eigenvalue weighted by Gasteiger charge is -2.25. The van der Waals surface area contributed by atoms with Crippen LogP contribution < -0.4 is 21.3 Å². The molecule has 4 aromatic rings. The molecule has 0 aromatic heterocycles. The highest BCUT2D eigenvalue weighted by Gasteiger charge is 2.36. The minimum atomic E-state index is -0.528. The van der Waals surface area contributed by atoms with Crippen LogP contribution in [0.15, 0.2) is 97.1 Å². The predicted molar refractivity (Wildman–Crippen MR) is 199 cm³/mol. The zero-order chi connectivity index (χ0) is 35.0. The molecule has 50 heavy (non-hydrogen) atoms. The summed E-state index contributed by atoms with van der Waals surface area (Å²) in [5, 5.41) is 12.1. The fourth-order valence-corrected chi connectivity index (χ4v) is 6.65. The maximum Gasteiger partial charge on any atom is 0.256 e. The number of rotatable bonds is 10. The maximum atomic E-state index is 13.3. The van der Waals surface area contributed by atoms with Crippen LogP contribution in [-0.4, -0.2) is 72.7 Å². The predicted octanol–water partition coefficient (Wildman–Crippen LogP) is 6.43. The van der Waals surface area contributed by atoms with Gasteiger partial charge in [-0.3, -0.25) is 19.2 Å². The summed E-state index contributed by atoms with van der Waals surface area (Å²) in [6.07, 6.45) is 6.73. The van der Waals surface area contributed by atoms with Crippen LogP contribution >= 0.6 is 0 Å². The van der Waals surface area contributed by atoms with Gasteiger partial charge in [-0.25, -0.2) is 0 Å². The summed E-state index contributed by atoms with van der Waals surface area (Å²) >= 11 is 0. The lowest BCUT2D eigenvalue weighted by atomic mass is 10.1. The molecule has 4 N–H and O–H groups in total. The second-order valence-corrected chi connectivity index (χ2v) is 12.5. The average molecular weight is 671 g/mol. The Morgan fingerprint density at radius 2 is 0.940 bits per heavy atom. The van der Waals surface area contributed by atoms with E-state index < -0.39 is 12.1 Å². The highest BCUT2D eigenvalue weighted by molar-refractivity contribution is 6.05. The Balaban J connectivity index is 1.02. The Labute approximate surface area is 292 Å². The lowest BCUT2D eigenvalue weighted by Crippen LogP contribution is -2.43. The standard InChI is InChI=1S/C40H42N6O4/c1-41-33-11-5-3-9-31(33)39(49)45-25-7-13-35(45)37(47)43-29-21-17-27(18-22-29)15-16-28-19-23-30(24-20-28)44-38(48)36-14-8-26-46(36)40(50)32-10-4-6-12-34(32)42-2/h3-6,9-12,15-24,35-36,41-42H,7-8,13-14,25-26H2,1-2H3,(H,43,47)(H,44,48)/t35-,36-/m0/s1. The van der Waals surface area contributed by atoms with Crippen LogP contribution in [0.25, 0.3) is 12.2 Å². The monoisotopic (exact) mass is 670 g/mol. The van der Waals surface area contributed by atoms with Crippen molar-refractivity contribution in [3.05, 3.63) is 119 Å². The Morgan fingerprint density at radius 1 is 0.560 bits per heavy atom. The molecule has 0 bridgehead atoms. The van der Waals surface area contributed by atoms with E-state index in [0.717, 1.165) is 35.3 Å². The first kappa shape index (κ1) is 34.0. The lowest BCUT2D eigenvalue weighted by molar-refractivity contribution is -0.120. The van der Waals surface area contributed by atoms with Crippen molar-refractivity contribution in [2.24, 2.45) is 0 Å². The number of hydrogen-bond acceptors (Lipinski definition) is 6. The molecule has 0 saturated carbocycles.